The maximum atomic E-state index is 5.72. The van der Waals surface area contributed by atoms with E-state index in [1.165, 1.54) is 25.7 Å². The lowest BCUT2D eigenvalue weighted by Gasteiger charge is -2.13. The van der Waals surface area contributed by atoms with Gasteiger partial charge in [0.2, 0.25) is 0 Å². The quantitative estimate of drug-likeness (QED) is 0.653. The summed E-state index contributed by atoms with van der Waals surface area (Å²) in [5, 5.41) is 3.22. The molecule has 0 spiro atoms. The number of hydrogen-bond donors (Lipinski definition) is 1. The van der Waals surface area contributed by atoms with Crippen molar-refractivity contribution in [2.45, 2.75) is 38.2 Å². The van der Waals surface area contributed by atoms with E-state index < -0.39 is 0 Å². The van der Waals surface area contributed by atoms with Crippen molar-refractivity contribution >= 4 is 0 Å². The lowest BCUT2D eigenvalue weighted by molar-refractivity contribution is 0.111. The van der Waals surface area contributed by atoms with Crippen LogP contribution in [-0.4, -0.2) is 12.6 Å². The number of nitrogens with one attached hydrogen (secondary N) is 1. The van der Waals surface area contributed by atoms with Gasteiger partial charge in [0.25, 0.3) is 0 Å². The average molecular weight is 153 g/mol. The summed E-state index contributed by atoms with van der Waals surface area (Å²) in [5.74, 6) is 1.02. The SMILES string of the molecule is C1=C(OC2CCCC2)NCC1. The van der Waals surface area contributed by atoms with Crippen molar-refractivity contribution in [1.82, 2.24) is 5.32 Å². The predicted octanol–water partition coefficient (Wildman–Crippen LogP) is 1.78. The minimum Gasteiger partial charge on any atom is -0.476 e. The summed E-state index contributed by atoms with van der Waals surface area (Å²) < 4.78 is 5.72. The Kier molecular flexibility index (Phi) is 2.01. The topological polar surface area (TPSA) is 21.3 Å². The molecule has 1 aliphatic heterocycles. The summed E-state index contributed by atoms with van der Waals surface area (Å²) in [4.78, 5) is 0. The van der Waals surface area contributed by atoms with E-state index in [0.717, 1.165) is 18.8 Å². The van der Waals surface area contributed by atoms with Crippen molar-refractivity contribution < 1.29 is 4.74 Å². The maximum Gasteiger partial charge on any atom is 0.182 e. The molecular weight excluding hydrogens is 138 g/mol. The van der Waals surface area contributed by atoms with Gasteiger partial charge in [0.05, 0.1) is 0 Å². The third-order valence-electron chi connectivity index (χ3n) is 2.37. The molecule has 0 aromatic rings. The molecule has 2 heteroatoms. The van der Waals surface area contributed by atoms with E-state index in [-0.39, 0.29) is 0 Å². The van der Waals surface area contributed by atoms with Crippen LogP contribution in [0.2, 0.25) is 0 Å². The van der Waals surface area contributed by atoms with Gasteiger partial charge >= 0.3 is 0 Å². The predicted molar refractivity (Wildman–Crippen MR) is 44.0 cm³/mol. The molecule has 0 bridgehead atoms. The monoisotopic (exact) mass is 153 g/mol. The standard InChI is InChI=1S/C9H15NO/c1-2-5-8(4-1)11-9-6-3-7-10-9/h6,8,10H,1-5,7H2. The molecule has 0 aromatic carbocycles. The largest absolute Gasteiger partial charge is 0.476 e. The Bertz CT molecular complexity index is 159. The van der Waals surface area contributed by atoms with Crippen LogP contribution in [0.5, 0.6) is 0 Å². The van der Waals surface area contributed by atoms with Crippen molar-refractivity contribution in [3.05, 3.63) is 12.0 Å². The van der Waals surface area contributed by atoms with Gasteiger partial charge in [-0.25, -0.2) is 0 Å². The van der Waals surface area contributed by atoms with E-state index in [1.54, 1.807) is 0 Å². The highest BCUT2D eigenvalue weighted by molar-refractivity contribution is 4.98. The molecule has 62 valence electrons. The van der Waals surface area contributed by atoms with Crippen LogP contribution in [0, 0.1) is 0 Å². The summed E-state index contributed by atoms with van der Waals surface area (Å²) in [6, 6.07) is 0. The lowest BCUT2D eigenvalue weighted by atomic mass is 10.3. The Morgan fingerprint density at radius 2 is 2.18 bits per heavy atom. The zero-order valence-electron chi connectivity index (χ0n) is 6.81. The fourth-order valence-electron chi connectivity index (χ4n) is 1.75. The minimum atomic E-state index is 0.506. The second-order valence-electron chi connectivity index (χ2n) is 3.31. The van der Waals surface area contributed by atoms with Crippen LogP contribution in [0.25, 0.3) is 0 Å². The molecule has 0 saturated heterocycles. The van der Waals surface area contributed by atoms with E-state index in [2.05, 4.69) is 11.4 Å². The van der Waals surface area contributed by atoms with Crippen LogP contribution >= 0.6 is 0 Å². The Hall–Kier alpha value is -0.660. The first-order valence-corrected chi connectivity index (χ1v) is 4.56. The Labute approximate surface area is 67.6 Å². The molecule has 11 heavy (non-hydrogen) atoms. The van der Waals surface area contributed by atoms with Crippen molar-refractivity contribution in [3.63, 3.8) is 0 Å². The zero-order chi connectivity index (χ0) is 7.52. The molecule has 0 aromatic heterocycles. The van der Waals surface area contributed by atoms with Crippen LogP contribution in [0.15, 0.2) is 12.0 Å². The lowest BCUT2D eigenvalue weighted by Crippen LogP contribution is -2.15. The van der Waals surface area contributed by atoms with Crippen LogP contribution in [0.3, 0.4) is 0 Å². The number of rotatable bonds is 2. The first-order valence-electron chi connectivity index (χ1n) is 4.56. The van der Waals surface area contributed by atoms with Gasteiger partial charge in [-0.05, 0) is 38.2 Å². The van der Waals surface area contributed by atoms with Crippen LogP contribution < -0.4 is 5.32 Å². The van der Waals surface area contributed by atoms with Gasteiger partial charge in [-0.3, -0.25) is 0 Å². The number of ether oxygens (including phenoxy) is 1. The van der Waals surface area contributed by atoms with Gasteiger partial charge < -0.3 is 10.1 Å². The Morgan fingerprint density at radius 1 is 1.36 bits per heavy atom. The van der Waals surface area contributed by atoms with E-state index in [1.807, 2.05) is 0 Å². The van der Waals surface area contributed by atoms with Crippen LogP contribution in [-0.2, 0) is 4.74 Å². The molecule has 0 unspecified atom stereocenters. The molecular formula is C9H15NO. The fraction of sp³-hybridized carbons (Fsp3) is 0.778. The van der Waals surface area contributed by atoms with E-state index >= 15 is 0 Å². The van der Waals surface area contributed by atoms with Crippen LogP contribution in [0.1, 0.15) is 32.1 Å². The Morgan fingerprint density at radius 3 is 2.82 bits per heavy atom. The van der Waals surface area contributed by atoms with Crippen molar-refractivity contribution in [1.29, 1.82) is 0 Å². The third-order valence-corrected chi connectivity index (χ3v) is 2.37. The molecule has 0 radical (unpaired) electrons. The molecule has 2 aliphatic rings. The Balaban J connectivity index is 1.79. The zero-order valence-corrected chi connectivity index (χ0v) is 6.81. The average Bonchev–Trinajstić information content (AvgIpc) is 2.60. The molecule has 0 amide bonds. The normalized spacial score (nSPS) is 24.9. The number of hydrogen-bond acceptors (Lipinski definition) is 2. The van der Waals surface area contributed by atoms with E-state index in [0.29, 0.717) is 6.10 Å². The van der Waals surface area contributed by atoms with E-state index in [4.69, 9.17) is 4.74 Å². The molecule has 2 rings (SSSR count). The van der Waals surface area contributed by atoms with Gasteiger partial charge in [-0.15, -0.1) is 0 Å². The molecule has 1 heterocycles. The summed E-state index contributed by atoms with van der Waals surface area (Å²) in [7, 11) is 0. The molecule has 1 saturated carbocycles. The first kappa shape index (κ1) is 7.01. The van der Waals surface area contributed by atoms with Crippen molar-refractivity contribution in [3.8, 4) is 0 Å². The molecule has 2 nitrogen and oxygen atoms in total. The van der Waals surface area contributed by atoms with Gasteiger partial charge in [-0.2, -0.15) is 0 Å². The van der Waals surface area contributed by atoms with Gasteiger partial charge in [0.1, 0.15) is 6.10 Å². The highest BCUT2D eigenvalue weighted by Gasteiger charge is 2.18. The molecule has 1 fully saturated rings. The van der Waals surface area contributed by atoms with Crippen molar-refractivity contribution in [2.75, 3.05) is 6.54 Å². The third kappa shape index (κ3) is 1.67. The summed E-state index contributed by atoms with van der Waals surface area (Å²) in [6.07, 6.45) is 8.97. The second kappa shape index (κ2) is 3.16. The smallest absolute Gasteiger partial charge is 0.182 e. The highest BCUT2D eigenvalue weighted by Crippen LogP contribution is 2.23. The first-order chi connectivity index (χ1) is 5.45. The molecule has 1 N–H and O–H groups in total. The summed E-state index contributed by atoms with van der Waals surface area (Å²) in [6.45, 7) is 1.06. The maximum absolute atomic E-state index is 5.72. The van der Waals surface area contributed by atoms with Gasteiger partial charge in [0.15, 0.2) is 5.88 Å². The van der Waals surface area contributed by atoms with E-state index in [9.17, 15) is 0 Å². The van der Waals surface area contributed by atoms with Crippen molar-refractivity contribution in [2.24, 2.45) is 0 Å². The summed E-state index contributed by atoms with van der Waals surface area (Å²) in [5.41, 5.74) is 0. The van der Waals surface area contributed by atoms with Gasteiger partial charge in [0, 0.05) is 6.54 Å². The molecule has 0 atom stereocenters. The summed E-state index contributed by atoms with van der Waals surface area (Å²) >= 11 is 0. The van der Waals surface area contributed by atoms with Crippen LogP contribution in [0.4, 0.5) is 0 Å². The van der Waals surface area contributed by atoms with Gasteiger partial charge in [-0.1, -0.05) is 0 Å². The minimum absolute atomic E-state index is 0.506. The fourth-order valence-corrected chi connectivity index (χ4v) is 1.75. The highest BCUT2D eigenvalue weighted by atomic mass is 16.5. The second-order valence-corrected chi connectivity index (χ2v) is 3.31. The molecule has 1 aliphatic carbocycles.